The van der Waals surface area contributed by atoms with Crippen LogP contribution < -0.4 is 49.1 Å². The van der Waals surface area contributed by atoms with Crippen molar-refractivity contribution in [2.24, 2.45) is 23.1 Å². The van der Waals surface area contributed by atoms with E-state index in [2.05, 4.69) is 31.9 Å². The first kappa shape index (κ1) is 61.7. The van der Waals surface area contributed by atoms with Gasteiger partial charge in [-0.2, -0.15) is 5.26 Å². The van der Waals surface area contributed by atoms with Crippen LogP contribution >= 0.6 is 33.2 Å². The zero-order valence-electron chi connectivity index (χ0n) is 42.7. The summed E-state index contributed by atoms with van der Waals surface area (Å²) in [7, 11) is 1.98. The van der Waals surface area contributed by atoms with E-state index in [-0.39, 0.29) is 61.7 Å². The highest BCUT2D eigenvalue weighted by Gasteiger charge is 2.36. The topological polar surface area (TPSA) is 371 Å². The smallest absolute Gasteiger partial charge is 0.245 e. The molecule has 0 aromatic heterocycles. The summed E-state index contributed by atoms with van der Waals surface area (Å²) in [4.78, 5) is 113. The van der Waals surface area contributed by atoms with Gasteiger partial charge in [0, 0.05) is 41.7 Å². The summed E-state index contributed by atoms with van der Waals surface area (Å²) in [5.74, 6) is -8.56. The number of carbonyl (C=O) groups is 8. The van der Waals surface area contributed by atoms with Gasteiger partial charge in [-0.3, -0.25) is 38.4 Å². The number of nitrogens with two attached hydrogens (primary N) is 3. The second kappa shape index (κ2) is 30.7. The van der Waals surface area contributed by atoms with E-state index in [9.17, 15) is 58.9 Å². The highest BCUT2D eigenvalue weighted by molar-refractivity contribution is 8.76. The molecular weight excluding hydrogens is 1060 g/mol. The first-order valence-corrected chi connectivity index (χ1v) is 27.9. The molecule has 0 unspecified atom stereocenters. The van der Waals surface area contributed by atoms with Crippen molar-refractivity contribution in [3.63, 3.8) is 0 Å². The summed E-state index contributed by atoms with van der Waals surface area (Å²) >= 11 is 6.07. The Labute approximate surface area is 464 Å². The lowest BCUT2D eigenvalue weighted by Crippen LogP contribution is -2.62. The number of aromatic hydroxyl groups is 2. The van der Waals surface area contributed by atoms with Crippen molar-refractivity contribution in [2.75, 3.05) is 18.1 Å². The molecule has 0 saturated carbocycles. The molecule has 1 fully saturated rings. The Hall–Kier alpha value is -7.20. The number of nitriles is 1. The number of phenolic OH excluding ortho intramolecular Hbond substituents is 2. The molecule has 1 aliphatic heterocycles. The number of halogens is 1. The van der Waals surface area contributed by atoms with Crippen molar-refractivity contribution in [3.05, 3.63) is 130 Å². The number of unbranched alkanes of at least 4 members (excludes halogenated alkanes) is 1. The molecule has 0 spiro atoms. The first-order valence-electron chi connectivity index (χ1n) is 25.0. The minimum absolute atomic E-state index is 0.0245. The molecule has 5 rings (SSSR count). The van der Waals surface area contributed by atoms with E-state index >= 15 is 0 Å². The van der Waals surface area contributed by atoms with Crippen LogP contribution in [-0.2, 0) is 64.0 Å². The fraction of sp³-hybridized carbons (Fsp3) is 0.389. The largest absolute Gasteiger partial charge is 0.508 e. The third kappa shape index (κ3) is 19.7. The van der Waals surface area contributed by atoms with Crippen molar-refractivity contribution in [2.45, 2.75) is 107 Å². The monoisotopic (exact) mass is 1130 g/mol. The number of Topliss-reactive ketones (excluding diaryl/α,β-unsaturated/α-hetero) is 1. The zero-order chi connectivity index (χ0) is 56.9. The lowest BCUT2D eigenvalue weighted by atomic mass is 9.90. The molecule has 416 valence electrons. The molecule has 4 aromatic rings. The number of aliphatic hydroxyl groups is 1. The van der Waals surface area contributed by atoms with Gasteiger partial charge >= 0.3 is 0 Å². The second-order valence-electron chi connectivity index (χ2n) is 18.8. The molecule has 9 atom stereocenters. The van der Waals surface area contributed by atoms with Gasteiger partial charge in [0.05, 0.1) is 29.8 Å². The van der Waals surface area contributed by atoms with E-state index in [4.69, 9.17) is 28.8 Å². The SMILES string of the molecule is C[C@@H](O)[C@@H]1NC(=O)[C@H](CCCCN)NC(=O)[C@@H](Cc2ccc(C#N)cc2)NC(=O)[C@H](Cc2ccc(O)cc2)CC(=O)[C@H](NC(=O)[C@@H](N)Cc2ccc(Cl)cc2)CSSC[C@@H](C(=O)N[C@H](Cc2ccc(O)cc2)C(N)=O)NC1=O. The molecule has 1 aliphatic rings. The maximum absolute atomic E-state index is 14.8. The van der Waals surface area contributed by atoms with E-state index < -0.39 is 108 Å². The number of benzene rings is 4. The fourth-order valence-corrected chi connectivity index (χ4v) is 10.7. The number of hydrogen-bond acceptors (Lipinski definition) is 16. The molecule has 4 aromatic carbocycles. The fourth-order valence-electron chi connectivity index (χ4n) is 8.20. The van der Waals surface area contributed by atoms with E-state index in [0.717, 1.165) is 21.6 Å². The van der Waals surface area contributed by atoms with Crippen molar-refractivity contribution in [1.29, 1.82) is 5.26 Å². The van der Waals surface area contributed by atoms with E-state index in [1.165, 1.54) is 55.5 Å². The predicted octanol–water partition coefficient (Wildman–Crippen LogP) is 1.10. The number of hydrogen-bond donors (Lipinski definition) is 12. The number of primary amides is 1. The molecular formula is C54H65ClN10O11S2. The van der Waals surface area contributed by atoms with Gasteiger partial charge in [-0.15, -0.1) is 0 Å². The Bertz CT molecular complexity index is 2750. The van der Waals surface area contributed by atoms with Gasteiger partial charge in [0.2, 0.25) is 41.4 Å². The molecule has 0 aliphatic carbocycles. The molecule has 78 heavy (non-hydrogen) atoms. The molecule has 1 saturated heterocycles. The lowest BCUT2D eigenvalue weighted by molar-refractivity contribution is -0.137. The van der Waals surface area contributed by atoms with Crippen molar-refractivity contribution in [1.82, 2.24) is 31.9 Å². The Balaban J connectivity index is 1.57. The van der Waals surface area contributed by atoms with Gasteiger partial charge in [0.25, 0.3) is 0 Å². The minimum Gasteiger partial charge on any atom is -0.508 e. The molecule has 0 radical (unpaired) electrons. The van der Waals surface area contributed by atoms with Crippen LogP contribution in [0.15, 0.2) is 97.1 Å². The van der Waals surface area contributed by atoms with Crippen LogP contribution in [0.5, 0.6) is 11.5 Å². The number of carbonyl (C=O) groups excluding carboxylic acids is 8. The van der Waals surface area contributed by atoms with E-state index in [1.807, 2.05) is 6.07 Å². The third-order valence-electron chi connectivity index (χ3n) is 12.7. The normalized spacial score (nSPS) is 21.2. The number of nitrogens with zero attached hydrogens (tertiary/aromatic N) is 1. The minimum atomic E-state index is -1.74. The van der Waals surface area contributed by atoms with Crippen molar-refractivity contribution < 1.29 is 53.7 Å². The third-order valence-corrected chi connectivity index (χ3v) is 15.3. The van der Waals surface area contributed by atoms with Crippen LogP contribution in [-0.4, -0.2) is 129 Å². The lowest BCUT2D eigenvalue weighted by Gasteiger charge is -2.29. The van der Waals surface area contributed by atoms with Gasteiger partial charge in [-0.05, 0) is 116 Å². The summed E-state index contributed by atoms with van der Waals surface area (Å²) < 4.78 is 0. The second-order valence-corrected chi connectivity index (χ2v) is 21.8. The van der Waals surface area contributed by atoms with Gasteiger partial charge in [0.15, 0.2) is 5.78 Å². The van der Waals surface area contributed by atoms with Crippen LogP contribution in [0.25, 0.3) is 0 Å². The van der Waals surface area contributed by atoms with Crippen LogP contribution in [0.1, 0.15) is 60.4 Å². The number of phenols is 2. The van der Waals surface area contributed by atoms with Crippen molar-refractivity contribution >= 4 is 80.3 Å². The molecule has 24 heteroatoms. The highest BCUT2D eigenvalue weighted by atomic mass is 35.5. The van der Waals surface area contributed by atoms with Crippen LogP contribution in [0, 0.1) is 17.2 Å². The zero-order valence-corrected chi connectivity index (χ0v) is 45.1. The highest BCUT2D eigenvalue weighted by Crippen LogP contribution is 2.26. The average molecular weight is 1130 g/mol. The summed E-state index contributed by atoms with van der Waals surface area (Å²) in [6.07, 6.45) is -1.75. The standard InChI is InChI=1S/C54H65ClN10O11S2/c1-30(66)47-54(76)64-45(53(75)61-42(48(59)70)24-34-13-19-39(68)20-14-34)29-78-77-28-44(63-50(72)40(58)23-32-9-15-37(55)16-10-32)46(69)26-36(22-31-11-17-38(67)18-12-31)49(71)62-43(25-33-5-7-35(27-57)8-6-33)52(74)60-41(51(73)65-47)4-2-3-21-56/h5-20,30,36,40-45,47,66-68H,2-4,21-26,28-29,56,58H2,1H3,(H2,59,70)(H,60,74)(H,61,75)(H,62,71)(H,63,72)(H,64,76)(H,65,73)/t30-,36-,40+,41+,42-,43-,44-,45+,47+/m1/s1. The van der Waals surface area contributed by atoms with Crippen molar-refractivity contribution in [3.8, 4) is 17.6 Å². The molecule has 21 nitrogen and oxygen atoms in total. The summed E-state index contributed by atoms with van der Waals surface area (Å²) in [5.41, 5.74) is 20.4. The summed E-state index contributed by atoms with van der Waals surface area (Å²) in [6.45, 7) is 1.45. The Kier molecular flexibility index (Phi) is 24.2. The van der Waals surface area contributed by atoms with Crippen LogP contribution in [0.3, 0.4) is 0 Å². The summed E-state index contributed by atoms with van der Waals surface area (Å²) in [5, 5.41) is 56.7. The number of ketones is 1. The number of nitrogens with one attached hydrogen (secondary N) is 6. The Morgan fingerprint density at radius 1 is 0.731 bits per heavy atom. The van der Waals surface area contributed by atoms with Crippen LogP contribution in [0.2, 0.25) is 5.02 Å². The van der Waals surface area contributed by atoms with E-state index in [1.54, 1.807) is 48.5 Å². The van der Waals surface area contributed by atoms with Crippen LogP contribution in [0.4, 0.5) is 0 Å². The predicted molar refractivity (Wildman–Crippen MR) is 295 cm³/mol. The number of aliphatic hydroxyl groups excluding tert-OH is 1. The molecule has 15 N–H and O–H groups in total. The Morgan fingerprint density at radius 2 is 1.28 bits per heavy atom. The molecule has 0 bridgehead atoms. The quantitative estimate of drug-likeness (QED) is 0.0490. The summed E-state index contributed by atoms with van der Waals surface area (Å²) in [6, 6.07) is 16.7. The van der Waals surface area contributed by atoms with E-state index in [0.29, 0.717) is 45.7 Å². The van der Waals surface area contributed by atoms with Gasteiger partial charge < -0.3 is 64.4 Å². The molecule has 7 amide bonds. The average Bonchev–Trinajstić information content (AvgIpc) is 3.41. The Morgan fingerprint density at radius 3 is 1.88 bits per heavy atom. The maximum Gasteiger partial charge on any atom is 0.245 e. The maximum atomic E-state index is 14.8. The first-order chi connectivity index (χ1) is 37.2. The number of amides is 7. The molecule has 1 heterocycles. The van der Waals surface area contributed by atoms with Gasteiger partial charge in [-0.1, -0.05) is 81.7 Å². The number of rotatable bonds is 18. The van der Waals surface area contributed by atoms with Gasteiger partial charge in [0.1, 0.15) is 41.7 Å². The van der Waals surface area contributed by atoms with Gasteiger partial charge in [-0.25, -0.2) is 0 Å².